The van der Waals surface area contributed by atoms with E-state index in [2.05, 4.69) is 168 Å². The molecular weight excluding hydrogens is 544 g/mol. The highest BCUT2D eigenvalue weighted by Gasteiger charge is 2.20. The van der Waals surface area contributed by atoms with Gasteiger partial charge in [0.15, 0.2) is 0 Å². The van der Waals surface area contributed by atoms with Crippen molar-refractivity contribution >= 4 is 81.6 Å². The average molecular weight is 575 g/mol. The Morgan fingerprint density at radius 1 is 0.533 bits per heavy atom. The van der Waals surface area contributed by atoms with Crippen LogP contribution >= 0.6 is 0 Å². The van der Waals surface area contributed by atoms with E-state index in [0.717, 1.165) is 11.4 Å². The largest absolute Gasteiger partial charge is 0.309 e. The maximum atomic E-state index is 4.02. The van der Waals surface area contributed by atoms with Crippen molar-refractivity contribution in [3.63, 3.8) is 0 Å². The Balaban J connectivity index is 1.46. The second kappa shape index (κ2) is 9.83. The van der Waals surface area contributed by atoms with E-state index in [1.807, 2.05) is 6.08 Å². The first-order valence-electron chi connectivity index (χ1n) is 15.5. The molecule has 0 aliphatic carbocycles. The molecule has 0 saturated heterocycles. The first kappa shape index (κ1) is 25.6. The van der Waals surface area contributed by atoms with Gasteiger partial charge in [0.25, 0.3) is 0 Å². The molecule has 9 rings (SSSR count). The lowest BCUT2D eigenvalue weighted by Gasteiger charge is -2.11. The van der Waals surface area contributed by atoms with E-state index in [1.165, 1.54) is 75.9 Å². The first-order valence-corrected chi connectivity index (χ1v) is 15.5. The summed E-state index contributed by atoms with van der Waals surface area (Å²) in [5.41, 5.74) is 7.04. The Kier molecular flexibility index (Phi) is 5.60. The van der Waals surface area contributed by atoms with Crippen molar-refractivity contribution in [2.75, 3.05) is 0 Å². The summed E-state index contributed by atoms with van der Waals surface area (Å²) in [5.74, 6) is 0. The quantitative estimate of drug-likeness (QED) is 0.185. The molecule has 0 N–H and O–H groups in total. The number of fused-ring (bicyclic) bond motifs is 12. The van der Waals surface area contributed by atoms with Crippen molar-refractivity contribution in [3.05, 3.63) is 158 Å². The summed E-state index contributed by atoms with van der Waals surface area (Å²) in [6.07, 6.45) is 8.21. The second-order valence-electron chi connectivity index (χ2n) is 11.7. The van der Waals surface area contributed by atoms with Gasteiger partial charge in [-0.1, -0.05) is 110 Å². The average Bonchev–Trinajstić information content (AvgIpc) is 3.61. The predicted octanol–water partition coefficient (Wildman–Crippen LogP) is 12.0. The van der Waals surface area contributed by atoms with Crippen LogP contribution in [0.15, 0.2) is 158 Å². The van der Waals surface area contributed by atoms with Crippen molar-refractivity contribution in [2.24, 2.45) is 0 Å². The minimum Gasteiger partial charge on any atom is -0.309 e. The number of nitrogens with zero attached hydrogens (tertiary/aromatic N) is 2. The van der Waals surface area contributed by atoms with E-state index >= 15 is 0 Å². The maximum absolute atomic E-state index is 4.02. The maximum Gasteiger partial charge on any atom is 0.0547 e. The Labute approximate surface area is 261 Å². The number of benzene rings is 7. The van der Waals surface area contributed by atoms with Crippen molar-refractivity contribution < 1.29 is 0 Å². The van der Waals surface area contributed by atoms with Gasteiger partial charge in [-0.05, 0) is 87.8 Å². The third-order valence-corrected chi connectivity index (χ3v) is 9.33. The number of allylic oxidation sites excluding steroid dienone is 5. The molecule has 0 aliphatic heterocycles. The SMILES string of the molecule is C=C/C=C(\C=C/C)n1c2ccc(-n3c4ccc5ccccc5c4c4c5ccccc5ccc43)cc2c2c3ccccc3ccc21. The molecule has 0 saturated carbocycles. The summed E-state index contributed by atoms with van der Waals surface area (Å²) in [5, 5.41) is 12.7. The highest BCUT2D eigenvalue weighted by atomic mass is 15.0. The van der Waals surface area contributed by atoms with Gasteiger partial charge in [0, 0.05) is 32.9 Å². The Hall–Kier alpha value is -5.86. The summed E-state index contributed by atoms with van der Waals surface area (Å²) < 4.78 is 4.83. The second-order valence-corrected chi connectivity index (χ2v) is 11.7. The molecule has 2 heterocycles. The normalized spacial score (nSPS) is 12.7. The number of aromatic nitrogens is 2. The standard InChI is InChI=1S/C43H30N2/c1-3-11-31(12-4-2)44-37-26-22-32(27-36(37)41-33-16-8-5-13-28(33)19-23-38(41)44)45-39-24-20-29-14-6-9-17-34(29)42(39)43-35-18-10-7-15-30(35)21-25-40(43)45/h3-27H,1H2,2H3/b12-4-,31-11+. The van der Waals surface area contributed by atoms with Crippen LogP contribution in [-0.4, -0.2) is 9.13 Å². The van der Waals surface area contributed by atoms with Crippen molar-refractivity contribution in [1.82, 2.24) is 9.13 Å². The molecule has 0 fully saturated rings. The summed E-state index contributed by atoms with van der Waals surface area (Å²) in [7, 11) is 0. The Morgan fingerprint density at radius 2 is 1.04 bits per heavy atom. The third kappa shape index (κ3) is 3.63. The van der Waals surface area contributed by atoms with Gasteiger partial charge in [-0.15, -0.1) is 0 Å². The van der Waals surface area contributed by atoms with Gasteiger partial charge in [-0.3, -0.25) is 0 Å². The number of rotatable bonds is 4. The molecule has 0 unspecified atom stereocenters. The van der Waals surface area contributed by atoms with Crippen LogP contribution in [0.5, 0.6) is 0 Å². The molecule has 2 nitrogen and oxygen atoms in total. The predicted molar refractivity (Wildman–Crippen MR) is 196 cm³/mol. The molecule has 0 atom stereocenters. The molecule has 9 aromatic rings. The van der Waals surface area contributed by atoms with E-state index in [-0.39, 0.29) is 0 Å². The van der Waals surface area contributed by atoms with Crippen LogP contribution in [0.25, 0.3) is 87.3 Å². The smallest absolute Gasteiger partial charge is 0.0547 e. The number of hydrogen-bond acceptors (Lipinski definition) is 0. The van der Waals surface area contributed by atoms with Gasteiger partial charge in [-0.2, -0.15) is 0 Å². The molecule has 0 bridgehead atoms. The summed E-state index contributed by atoms with van der Waals surface area (Å²) in [6, 6.07) is 46.8. The van der Waals surface area contributed by atoms with E-state index < -0.39 is 0 Å². The van der Waals surface area contributed by atoms with Crippen molar-refractivity contribution in [2.45, 2.75) is 6.92 Å². The van der Waals surface area contributed by atoms with Crippen molar-refractivity contribution in [1.29, 1.82) is 0 Å². The van der Waals surface area contributed by atoms with Gasteiger partial charge in [0.2, 0.25) is 0 Å². The summed E-state index contributed by atoms with van der Waals surface area (Å²) in [4.78, 5) is 0. The molecule has 0 aliphatic rings. The van der Waals surface area contributed by atoms with E-state index in [4.69, 9.17) is 0 Å². The molecule has 2 aromatic heterocycles. The molecule has 2 heteroatoms. The van der Waals surface area contributed by atoms with Gasteiger partial charge in [0.05, 0.1) is 22.1 Å². The van der Waals surface area contributed by atoms with Crippen LogP contribution in [-0.2, 0) is 0 Å². The van der Waals surface area contributed by atoms with Gasteiger partial charge in [-0.25, -0.2) is 0 Å². The monoisotopic (exact) mass is 574 g/mol. The van der Waals surface area contributed by atoms with Crippen LogP contribution in [0.3, 0.4) is 0 Å². The van der Waals surface area contributed by atoms with Crippen molar-refractivity contribution in [3.8, 4) is 5.69 Å². The fourth-order valence-corrected chi connectivity index (χ4v) is 7.52. The van der Waals surface area contributed by atoms with Gasteiger partial charge >= 0.3 is 0 Å². The summed E-state index contributed by atoms with van der Waals surface area (Å²) >= 11 is 0. The molecule has 45 heavy (non-hydrogen) atoms. The molecule has 0 amide bonds. The third-order valence-electron chi connectivity index (χ3n) is 9.33. The van der Waals surface area contributed by atoms with E-state index in [9.17, 15) is 0 Å². The van der Waals surface area contributed by atoms with Crippen LogP contribution in [0.2, 0.25) is 0 Å². The van der Waals surface area contributed by atoms with E-state index in [0.29, 0.717) is 0 Å². The lowest BCUT2D eigenvalue weighted by molar-refractivity contribution is 1.18. The fraction of sp³-hybridized carbons (Fsp3) is 0.0233. The number of hydrogen-bond donors (Lipinski definition) is 0. The first-order chi connectivity index (χ1) is 22.3. The summed E-state index contributed by atoms with van der Waals surface area (Å²) in [6.45, 7) is 6.09. The topological polar surface area (TPSA) is 9.86 Å². The van der Waals surface area contributed by atoms with E-state index in [1.54, 1.807) is 0 Å². The molecule has 0 radical (unpaired) electrons. The van der Waals surface area contributed by atoms with Gasteiger partial charge < -0.3 is 9.13 Å². The minimum absolute atomic E-state index is 1.09. The molecular formula is C43H30N2. The Bertz CT molecular complexity index is 2630. The lowest BCUT2D eigenvalue weighted by Crippen LogP contribution is -1.96. The van der Waals surface area contributed by atoms with Crippen LogP contribution in [0.1, 0.15) is 6.92 Å². The highest BCUT2D eigenvalue weighted by molar-refractivity contribution is 6.29. The van der Waals surface area contributed by atoms with Crippen LogP contribution < -0.4 is 0 Å². The van der Waals surface area contributed by atoms with Crippen LogP contribution in [0, 0.1) is 0 Å². The molecule has 7 aromatic carbocycles. The zero-order valence-electron chi connectivity index (χ0n) is 25.0. The molecule has 0 spiro atoms. The fourth-order valence-electron chi connectivity index (χ4n) is 7.52. The van der Waals surface area contributed by atoms with Gasteiger partial charge in [0.1, 0.15) is 0 Å². The highest BCUT2D eigenvalue weighted by Crippen LogP contribution is 2.42. The zero-order valence-corrected chi connectivity index (χ0v) is 25.0. The van der Waals surface area contributed by atoms with Crippen LogP contribution in [0.4, 0.5) is 0 Å². The molecule has 212 valence electrons. The minimum atomic E-state index is 1.09. The zero-order chi connectivity index (χ0) is 30.1. The Morgan fingerprint density at radius 3 is 1.60 bits per heavy atom. The lowest BCUT2D eigenvalue weighted by atomic mass is 10.00.